The Labute approximate surface area is 129 Å². The topological polar surface area (TPSA) is 70.5 Å². The first-order valence-corrected chi connectivity index (χ1v) is 7.04. The van der Waals surface area contributed by atoms with Crippen molar-refractivity contribution in [3.8, 4) is 11.3 Å². The van der Waals surface area contributed by atoms with Gasteiger partial charge in [0.05, 0.1) is 5.69 Å². The van der Waals surface area contributed by atoms with Gasteiger partial charge in [-0.3, -0.25) is 9.59 Å². The molecule has 0 atom stereocenters. The van der Waals surface area contributed by atoms with Crippen molar-refractivity contribution in [1.29, 1.82) is 0 Å². The second kappa shape index (κ2) is 6.85. The number of carbonyl (C=O) groups excluding carboxylic acids is 1. The van der Waals surface area contributed by atoms with Crippen LogP contribution in [0.5, 0.6) is 0 Å². The molecule has 22 heavy (non-hydrogen) atoms. The van der Waals surface area contributed by atoms with E-state index in [1.54, 1.807) is 26.0 Å². The minimum atomic E-state index is -1.04. The van der Waals surface area contributed by atoms with Gasteiger partial charge in [0.1, 0.15) is 12.2 Å². The maximum Gasteiger partial charge on any atom is 0.323 e. The number of hydrogen-bond acceptors (Lipinski definition) is 3. The average molecular weight is 298 g/mol. The highest BCUT2D eigenvalue weighted by Gasteiger charge is 2.22. The Kier molecular flexibility index (Phi) is 4.88. The Morgan fingerprint density at radius 3 is 2.36 bits per heavy atom. The maximum atomic E-state index is 12.5. The van der Waals surface area contributed by atoms with Crippen LogP contribution in [-0.4, -0.2) is 39.5 Å². The summed E-state index contributed by atoms with van der Waals surface area (Å²) in [5.74, 6) is -1.42. The normalized spacial score (nSPS) is 10.5. The number of pyridine rings is 1. The Morgan fingerprint density at radius 2 is 1.77 bits per heavy atom. The second-order valence-corrected chi connectivity index (χ2v) is 5.19. The predicted molar refractivity (Wildman–Crippen MR) is 83.5 cm³/mol. The molecule has 0 unspecified atom stereocenters. The SMILES string of the molecule is CC(C)N(CC(=O)O)C(=O)c1cccc(-c2ccccc2)n1. The molecule has 0 saturated heterocycles. The van der Waals surface area contributed by atoms with Gasteiger partial charge in [-0.05, 0) is 26.0 Å². The quantitative estimate of drug-likeness (QED) is 0.921. The van der Waals surface area contributed by atoms with Crippen molar-refractivity contribution >= 4 is 11.9 Å². The average Bonchev–Trinajstić information content (AvgIpc) is 2.52. The van der Waals surface area contributed by atoms with E-state index in [-0.39, 0.29) is 24.2 Å². The molecule has 5 heteroatoms. The Balaban J connectivity index is 2.32. The Morgan fingerprint density at radius 1 is 1.09 bits per heavy atom. The number of carboxylic acid groups (broad SMARTS) is 1. The van der Waals surface area contributed by atoms with Crippen LogP contribution in [0, 0.1) is 0 Å². The van der Waals surface area contributed by atoms with Gasteiger partial charge in [0.25, 0.3) is 5.91 Å². The number of nitrogens with zero attached hydrogens (tertiary/aromatic N) is 2. The number of rotatable bonds is 5. The minimum Gasteiger partial charge on any atom is -0.480 e. The van der Waals surface area contributed by atoms with Crippen LogP contribution in [0.25, 0.3) is 11.3 Å². The van der Waals surface area contributed by atoms with E-state index in [1.807, 2.05) is 36.4 Å². The van der Waals surface area contributed by atoms with Crippen LogP contribution in [0.4, 0.5) is 0 Å². The molecule has 0 saturated carbocycles. The molecule has 5 nitrogen and oxygen atoms in total. The molecule has 0 fully saturated rings. The van der Waals surface area contributed by atoms with Crippen molar-refractivity contribution in [3.63, 3.8) is 0 Å². The second-order valence-electron chi connectivity index (χ2n) is 5.19. The van der Waals surface area contributed by atoms with Crippen molar-refractivity contribution in [2.75, 3.05) is 6.54 Å². The third kappa shape index (κ3) is 3.69. The van der Waals surface area contributed by atoms with Crippen LogP contribution in [0.2, 0.25) is 0 Å². The van der Waals surface area contributed by atoms with E-state index in [4.69, 9.17) is 5.11 Å². The van der Waals surface area contributed by atoms with Crippen molar-refractivity contribution in [2.24, 2.45) is 0 Å². The number of aliphatic carboxylic acids is 1. The Bertz CT molecular complexity index is 669. The molecule has 2 rings (SSSR count). The highest BCUT2D eigenvalue weighted by molar-refractivity contribution is 5.94. The van der Waals surface area contributed by atoms with E-state index in [9.17, 15) is 9.59 Å². The van der Waals surface area contributed by atoms with Gasteiger partial charge < -0.3 is 10.0 Å². The molecule has 1 aromatic carbocycles. The van der Waals surface area contributed by atoms with Gasteiger partial charge in [-0.15, -0.1) is 0 Å². The zero-order valence-corrected chi connectivity index (χ0v) is 12.6. The lowest BCUT2D eigenvalue weighted by atomic mass is 10.1. The standard InChI is InChI=1S/C17H18N2O3/c1-12(2)19(11-16(20)21)17(22)15-10-6-9-14(18-15)13-7-4-3-5-8-13/h3-10,12H,11H2,1-2H3,(H,20,21). The van der Waals surface area contributed by atoms with E-state index < -0.39 is 5.97 Å². The molecule has 1 aromatic heterocycles. The van der Waals surface area contributed by atoms with E-state index in [0.717, 1.165) is 5.56 Å². The van der Waals surface area contributed by atoms with Crippen LogP contribution in [0.1, 0.15) is 24.3 Å². The number of hydrogen-bond donors (Lipinski definition) is 1. The lowest BCUT2D eigenvalue weighted by molar-refractivity contribution is -0.138. The van der Waals surface area contributed by atoms with Crippen molar-refractivity contribution < 1.29 is 14.7 Å². The van der Waals surface area contributed by atoms with Gasteiger partial charge in [0, 0.05) is 11.6 Å². The first-order valence-electron chi connectivity index (χ1n) is 7.04. The fourth-order valence-corrected chi connectivity index (χ4v) is 2.11. The van der Waals surface area contributed by atoms with Crippen LogP contribution >= 0.6 is 0 Å². The molecule has 1 amide bonds. The highest BCUT2D eigenvalue weighted by Crippen LogP contribution is 2.17. The fourth-order valence-electron chi connectivity index (χ4n) is 2.11. The van der Waals surface area contributed by atoms with Crippen LogP contribution in [0.3, 0.4) is 0 Å². The zero-order chi connectivity index (χ0) is 16.1. The molecule has 2 aromatic rings. The smallest absolute Gasteiger partial charge is 0.323 e. The monoisotopic (exact) mass is 298 g/mol. The number of carbonyl (C=O) groups is 2. The summed E-state index contributed by atoms with van der Waals surface area (Å²) in [4.78, 5) is 29.1. The summed E-state index contributed by atoms with van der Waals surface area (Å²) < 4.78 is 0. The third-order valence-corrected chi connectivity index (χ3v) is 3.23. The number of benzene rings is 1. The summed E-state index contributed by atoms with van der Waals surface area (Å²) in [6, 6.07) is 14.5. The lowest BCUT2D eigenvalue weighted by Crippen LogP contribution is -2.41. The number of aromatic nitrogens is 1. The maximum absolute atomic E-state index is 12.5. The van der Waals surface area contributed by atoms with Crippen molar-refractivity contribution in [3.05, 3.63) is 54.2 Å². The zero-order valence-electron chi connectivity index (χ0n) is 12.6. The van der Waals surface area contributed by atoms with Crippen molar-refractivity contribution in [1.82, 2.24) is 9.88 Å². The molecular weight excluding hydrogens is 280 g/mol. The summed E-state index contributed by atoms with van der Waals surface area (Å²) in [5.41, 5.74) is 1.84. The number of carboxylic acids is 1. The molecule has 0 aliphatic heterocycles. The van der Waals surface area contributed by atoms with Gasteiger partial charge in [-0.2, -0.15) is 0 Å². The summed E-state index contributed by atoms with van der Waals surface area (Å²) in [7, 11) is 0. The van der Waals surface area contributed by atoms with E-state index in [0.29, 0.717) is 5.69 Å². The van der Waals surface area contributed by atoms with Gasteiger partial charge in [-0.25, -0.2) is 4.98 Å². The van der Waals surface area contributed by atoms with Crippen LogP contribution in [0.15, 0.2) is 48.5 Å². The van der Waals surface area contributed by atoms with E-state index >= 15 is 0 Å². The molecule has 0 radical (unpaired) electrons. The van der Waals surface area contributed by atoms with Crippen LogP contribution < -0.4 is 0 Å². The largest absolute Gasteiger partial charge is 0.480 e. The third-order valence-electron chi connectivity index (χ3n) is 3.23. The molecular formula is C17H18N2O3. The summed E-state index contributed by atoms with van der Waals surface area (Å²) in [6.07, 6.45) is 0. The fraction of sp³-hybridized carbons (Fsp3) is 0.235. The summed E-state index contributed by atoms with van der Waals surface area (Å²) in [5, 5.41) is 8.95. The summed E-state index contributed by atoms with van der Waals surface area (Å²) >= 11 is 0. The molecule has 0 bridgehead atoms. The molecule has 0 spiro atoms. The van der Waals surface area contributed by atoms with Gasteiger partial charge in [0.15, 0.2) is 0 Å². The predicted octanol–water partition coefficient (Wildman–Crippen LogP) is 2.68. The molecule has 0 aliphatic carbocycles. The minimum absolute atomic E-state index is 0.217. The molecule has 1 heterocycles. The first kappa shape index (κ1) is 15.7. The Hall–Kier alpha value is -2.69. The highest BCUT2D eigenvalue weighted by atomic mass is 16.4. The lowest BCUT2D eigenvalue weighted by Gasteiger charge is -2.24. The molecule has 0 aliphatic rings. The van der Waals surface area contributed by atoms with Crippen LogP contribution in [-0.2, 0) is 4.79 Å². The molecule has 1 N–H and O–H groups in total. The number of amides is 1. The van der Waals surface area contributed by atoms with Gasteiger partial charge in [-0.1, -0.05) is 36.4 Å². The van der Waals surface area contributed by atoms with E-state index in [1.165, 1.54) is 4.90 Å². The molecule has 114 valence electrons. The van der Waals surface area contributed by atoms with Gasteiger partial charge >= 0.3 is 5.97 Å². The summed E-state index contributed by atoms with van der Waals surface area (Å²) in [6.45, 7) is 3.22. The van der Waals surface area contributed by atoms with Gasteiger partial charge in [0.2, 0.25) is 0 Å². The van der Waals surface area contributed by atoms with Crippen molar-refractivity contribution in [2.45, 2.75) is 19.9 Å². The van der Waals surface area contributed by atoms with E-state index in [2.05, 4.69) is 4.98 Å². The first-order chi connectivity index (χ1) is 10.5.